The molecule has 1 N–H and O–H groups in total. The molecule has 2 aromatic heterocycles. The minimum Gasteiger partial charge on any atom is -0.309 e. The van der Waals surface area contributed by atoms with Crippen LogP contribution in [0.15, 0.2) is 28.9 Å². The first kappa shape index (κ1) is 14.6. The molecule has 0 aliphatic rings. The Balaban J connectivity index is 2.06. The minimum atomic E-state index is -2.67. The van der Waals surface area contributed by atoms with Crippen LogP contribution in [0.5, 0.6) is 0 Å². The van der Waals surface area contributed by atoms with Crippen molar-refractivity contribution in [1.29, 1.82) is 0 Å². The van der Waals surface area contributed by atoms with Gasteiger partial charge in [-0.3, -0.25) is 9.48 Å². The molecule has 0 aliphatic heterocycles. The summed E-state index contributed by atoms with van der Waals surface area (Å²) in [5, 5.41) is 6.39. The van der Waals surface area contributed by atoms with Crippen molar-refractivity contribution in [3.63, 3.8) is 0 Å². The molecule has 0 saturated carbocycles. The first-order valence-corrected chi connectivity index (χ1v) is 6.49. The highest BCUT2D eigenvalue weighted by Gasteiger charge is 2.17. The summed E-state index contributed by atoms with van der Waals surface area (Å²) in [5.74, 6) is -0.120. The molecule has 106 valence electrons. The lowest BCUT2D eigenvalue weighted by molar-refractivity contribution is -0.117. The second kappa shape index (κ2) is 6.08. The second-order valence-electron chi connectivity index (χ2n) is 4.08. The first-order valence-electron chi connectivity index (χ1n) is 5.69. The first-order chi connectivity index (χ1) is 9.45. The maximum absolute atomic E-state index is 12.8. The highest BCUT2D eigenvalue weighted by atomic mass is 79.9. The Morgan fingerprint density at radius 3 is 2.85 bits per heavy atom. The smallest absolute Gasteiger partial charge is 0.280 e. The second-order valence-corrected chi connectivity index (χ2v) is 4.99. The number of hydrogen-bond donors (Lipinski definition) is 1. The summed E-state index contributed by atoms with van der Waals surface area (Å²) in [6.45, 7) is 1.31. The number of nitrogens with one attached hydrogen (secondary N) is 1. The number of halogens is 3. The molecule has 0 aliphatic carbocycles. The van der Waals surface area contributed by atoms with Crippen LogP contribution in [0.4, 0.5) is 14.6 Å². The normalized spacial score (nSPS) is 10.8. The van der Waals surface area contributed by atoms with Crippen molar-refractivity contribution in [2.75, 3.05) is 5.32 Å². The van der Waals surface area contributed by atoms with Crippen LogP contribution in [-0.2, 0) is 11.3 Å². The van der Waals surface area contributed by atoms with Crippen LogP contribution < -0.4 is 5.32 Å². The van der Waals surface area contributed by atoms with E-state index in [0.29, 0.717) is 11.5 Å². The molecule has 0 atom stereocenters. The fraction of sp³-hybridized carbons (Fsp3) is 0.250. The largest absolute Gasteiger partial charge is 0.309 e. The van der Waals surface area contributed by atoms with Gasteiger partial charge in [0.1, 0.15) is 18.1 Å². The molecule has 0 fully saturated rings. The molecular formula is C12H11BrF2N4O. The number of pyridine rings is 1. The minimum absolute atomic E-state index is 0.276. The summed E-state index contributed by atoms with van der Waals surface area (Å²) in [6.07, 6.45) is -1.15. The van der Waals surface area contributed by atoms with E-state index in [9.17, 15) is 13.6 Å². The number of anilines is 1. The predicted molar refractivity (Wildman–Crippen MR) is 72.5 cm³/mol. The molecule has 0 unspecified atom stereocenters. The lowest BCUT2D eigenvalue weighted by Crippen LogP contribution is -2.21. The summed E-state index contributed by atoms with van der Waals surface area (Å²) in [6, 6.07) is 4.57. The van der Waals surface area contributed by atoms with Gasteiger partial charge in [0.15, 0.2) is 0 Å². The summed E-state index contributed by atoms with van der Waals surface area (Å²) < 4.78 is 27.3. The van der Waals surface area contributed by atoms with Crippen molar-refractivity contribution < 1.29 is 13.6 Å². The Kier molecular flexibility index (Phi) is 4.43. The van der Waals surface area contributed by atoms with Gasteiger partial charge < -0.3 is 5.32 Å². The summed E-state index contributed by atoms with van der Waals surface area (Å²) in [7, 11) is 0. The van der Waals surface area contributed by atoms with Gasteiger partial charge in [0, 0.05) is 10.7 Å². The lowest BCUT2D eigenvalue weighted by atomic mass is 10.4. The summed E-state index contributed by atoms with van der Waals surface area (Å²) in [5.41, 5.74) is 0.163. The number of aryl methyl sites for hydroxylation is 1. The Morgan fingerprint density at radius 2 is 2.25 bits per heavy atom. The molecule has 20 heavy (non-hydrogen) atoms. The van der Waals surface area contributed by atoms with Crippen LogP contribution in [0.1, 0.15) is 17.8 Å². The number of nitrogens with zero attached hydrogens (tertiary/aromatic N) is 3. The van der Waals surface area contributed by atoms with Gasteiger partial charge in [0.2, 0.25) is 5.91 Å². The van der Waals surface area contributed by atoms with E-state index in [0.717, 1.165) is 9.15 Å². The van der Waals surface area contributed by atoms with E-state index in [2.05, 4.69) is 31.3 Å². The monoisotopic (exact) mass is 344 g/mol. The van der Waals surface area contributed by atoms with E-state index in [1.54, 1.807) is 19.1 Å². The molecule has 1 amide bonds. The zero-order chi connectivity index (χ0) is 14.7. The fourth-order valence-corrected chi connectivity index (χ4v) is 1.87. The van der Waals surface area contributed by atoms with E-state index in [1.807, 2.05) is 0 Å². The van der Waals surface area contributed by atoms with Crippen LogP contribution >= 0.6 is 15.9 Å². The Hall–Kier alpha value is -1.83. The van der Waals surface area contributed by atoms with Gasteiger partial charge in [-0.05, 0) is 41.1 Å². The van der Waals surface area contributed by atoms with Crippen LogP contribution in [0.3, 0.4) is 0 Å². The number of hydrogen-bond acceptors (Lipinski definition) is 3. The van der Waals surface area contributed by atoms with Gasteiger partial charge >= 0.3 is 0 Å². The Labute approximate surface area is 122 Å². The molecule has 8 heteroatoms. The molecule has 0 bridgehead atoms. The third kappa shape index (κ3) is 3.60. The van der Waals surface area contributed by atoms with Crippen molar-refractivity contribution in [2.24, 2.45) is 0 Å². The third-order valence-corrected chi connectivity index (χ3v) is 2.91. The quantitative estimate of drug-likeness (QED) is 0.927. The zero-order valence-electron chi connectivity index (χ0n) is 10.5. The Morgan fingerprint density at radius 1 is 1.50 bits per heavy atom. The van der Waals surface area contributed by atoms with Gasteiger partial charge in [0.05, 0.1) is 5.69 Å². The van der Waals surface area contributed by atoms with Crippen molar-refractivity contribution in [3.05, 3.63) is 40.3 Å². The molecule has 0 spiro atoms. The zero-order valence-corrected chi connectivity index (χ0v) is 12.1. The fourth-order valence-electron chi connectivity index (χ4n) is 1.64. The third-order valence-electron chi connectivity index (χ3n) is 2.45. The molecule has 0 radical (unpaired) electrons. The molecular weight excluding hydrogens is 334 g/mol. The molecule has 2 aromatic rings. The Bertz CT molecular complexity index is 612. The predicted octanol–water partition coefficient (Wildman–Crippen LogP) is 2.93. The van der Waals surface area contributed by atoms with Crippen LogP contribution in [0.25, 0.3) is 0 Å². The van der Waals surface area contributed by atoms with Gasteiger partial charge in [-0.25, -0.2) is 13.8 Å². The van der Waals surface area contributed by atoms with Gasteiger partial charge in [-0.2, -0.15) is 5.10 Å². The molecule has 5 nitrogen and oxygen atoms in total. The number of amides is 1. The topological polar surface area (TPSA) is 59.8 Å². The van der Waals surface area contributed by atoms with E-state index >= 15 is 0 Å². The average Bonchev–Trinajstić information content (AvgIpc) is 2.73. The van der Waals surface area contributed by atoms with Crippen LogP contribution in [0.2, 0.25) is 0 Å². The van der Waals surface area contributed by atoms with E-state index in [-0.39, 0.29) is 12.2 Å². The number of carbonyl (C=O) groups excluding carboxylic acids is 1. The van der Waals surface area contributed by atoms with Gasteiger partial charge in [-0.15, -0.1) is 0 Å². The van der Waals surface area contributed by atoms with Gasteiger partial charge in [0.25, 0.3) is 6.43 Å². The highest BCUT2D eigenvalue weighted by molar-refractivity contribution is 9.10. The van der Waals surface area contributed by atoms with Crippen LogP contribution in [0, 0.1) is 6.92 Å². The standard InChI is InChI=1S/C12H11BrF2N4O/c1-7-4-9(12(14)15)19(18-7)6-11(20)17-10-3-2-8(13)5-16-10/h2-5,12H,6H2,1H3,(H,16,17,20). The number of alkyl halides is 2. The number of rotatable bonds is 4. The number of carbonyl (C=O) groups is 1. The number of aromatic nitrogens is 3. The van der Waals surface area contributed by atoms with E-state index in [1.165, 1.54) is 12.3 Å². The SMILES string of the molecule is Cc1cc(C(F)F)n(CC(=O)Nc2ccc(Br)cn2)n1. The van der Waals surface area contributed by atoms with Crippen LogP contribution in [-0.4, -0.2) is 20.7 Å². The van der Waals surface area contributed by atoms with Crippen molar-refractivity contribution in [2.45, 2.75) is 19.9 Å². The summed E-state index contributed by atoms with van der Waals surface area (Å²) in [4.78, 5) is 15.7. The maximum atomic E-state index is 12.8. The van der Waals surface area contributed by atoms with Gasteiger partial charge in [-0.1, -0.05) is 0 Å². The summed E-state index contributed by atoms with van der Waals surface area (Å²) >= 11 is 3.22. The molecule has 0 aromatic carbocycles. The van der Waals surface area contributed by atoms with Crippen molar-refractivity contribution in [3.8, 4) is 0 Å². The maximum Gasteiger partial charge on any atom is 0.280 e. The highest BCUT2D eigenvalue weighted by Crippen LogP contribution is 2.19. The molecule has 2 rings (SSSR count). The average molecular weight is 345 g/mol. The van der Waals surface area contributed by atoms with Crippen molar-refractivity contribution in [1.82, 2.24) is 14.8 Å². The van der Waals surface area contributed by atoms with E-state index in [4.69, 9.17) is 0 Å². The lowest BCUT2D eigenvalue weighted by Gasteiger charge is -2.07. The van der Waals surface area contributed by atoms with E-state index < -0.39 is 12.3 Å². The van der Waals surface area contributed by atoms with Crippen molar-refractivity contribution >= 4 is 27.7 Å². The molecule has 2 heterocycles. The molecule has 0 saturated heterocycles.